The van der Waals surface area contributed by atoms with Crippen LogP contribution in [0, 0.1) is 0 Å². The van der Waals surface area contributed by atoms with Crippen molar-refractivity contribution >= 4 is 29.1 Å². The van der Waals surface area contributed by atoms with Gasteiger partial charge in [0.05, 0.1) is 0 Å². The number of amides is 1. The van der Waals surface area contributed by atoms with E-state index < -0.39 is 5.91 Å². The molecule has 23 heavy (non-hydrogen) atoms. The standard InChI is InChI=1S/C16H11Cl2N3O2/c17-12-5-1-10(2-6-12)9-19-14(22)16-21-20-15(23-16)11-3-7-13(18)8-4-11/h1-8H,9H2,(H,19,22). The lowest BCUT2D eigenvalue weighted by molar-refractivity contribution is 0.0917. The zero-order chi connectivity index (χ0) is 16.2. The first kappa shape index (κ1) is 15.5. The molecule has 0 aliphatic heterocycles. The Bertz CT molecular complexity index is 814. The van der Waals surface area contributed by atoms with Crippen LogP contribution in [0.5, 0.6) is 0 Å². The van der Waals surface area contributed by atoms with E-state index in [1.165, 1.54) is 0 Å². The molecule has 0 aliphatic rings. The summed E-state index contributed by atoms with van der Waals surface area (Å²) in [6, 6.07) is 14.1. The van der Waals surface area contributed by atoms with Gasteiger partial charge in [0.1, 0.15) is 0 Å². The topological polar surface area (TPSA) is 68.0 Å². The maximum atomic E-state index is 12.0. The Labute approximate surface area is 142 Å². The fourth-order valence-corrected chi connectivity index (χ4v) is 2.14. The third-order valence-electron chi connectivity index (χ3n) is 3.08. The van der Waals surface area contributed by atoms with Crippen LogP contribution >= 0.6 is 23.2 Å². The molecule has 5 nitrogen and oxygen atoms in total. The quantitative estimate of drug-likeness (QED) is 0.775. The van der Waals surface area contributed by atoms with Crippen LogP contribution in [0.3, 0.4) is 0 Å². The van der Waals surface area contributed by atoms with Gasteiger partial charge in [0, 0.05) is 22.2 Å². The summed E-state index contributed by atoms with van der Waals surface area (Å²) in [7, 11) is 0. The highest BCUT2D eigenvalue weighted by atomic mass is 35.5. The predicted octanol–water partition coefficient (Wildman–Crippen LogP) is 3.97. The van der Waals surface area contributed by atoms with E-state index in [2.05, 4.69) is 15.5 Å². The van der Waals surface area contributed by atoms with Gasteiger partial charge in [-0.3, -0.25) is 4.79 Å². The van der Waals surface area contributed by atoms with E-state index >= 15 is 0 Å². The number of hydrogen-bond donors (Lipinski definition) is 1. The van der Waals surface area contributed by atoms with Gasteiger partial charge in [0.15, 0.2) is 0 Å². The third kappa shape index (κ3) is 3.88. The van der Waals surface area contributed by atoms with Crippen LogP contribution in [-0.4, -0.2) is 16.1 Å². The fourth-order valence-electron chi connectivity index (χ4n) is 1.88. The predicted molar refractivity (Wildman–Crippen MR) is 87.4 cm³/mol. The highest BCUT2D eigenvalue weighted by molar-refractivity contribution is 6.30. The van der Waals surface area contributed by atoms with Crippen molar-refractivity contribution in [2.45, 2.75) is 6.54 Å². The molecule has 0 radical (unpaired) electrons. The van der Waals surface area contributed by atoms with Gasteiger partial charge in [0.2, 0.25) is 5.89 Å². The summed E-state index contributed by atoms with van der Waals surface area (Å²) < 4.78 is 5.38. The number of halogens is 2. The summed E-state index contributed by atoms with van der Waals surface area (Å²) in [5, 5.41) is 11.6. The second-order valence-corrected chi connectivity index (χ2v) is 5.60. The number of benzene rings is 2. The molecule has 1 aromatic heterocycles. The number of nitrogens with zero attached hydrogens (tertiary/aromatic N) is 2. The van der Waals surface area contributed by atoms with E-state index in [0.717, 1.165) is 5.56 Å². The number of rotatable bonds is 4. The van der Waals surface area contributed by atoms with Crippen molar-refractivity contribution < 1.29 is 9.21 Å². The van der Waals surface area contributed by atoms with Crippen LogP contribution in [-0.2, 0) is 6.54 Å². The molecule has 2 aromatic carbocycles. The molecule has 0 unspecified atom stereocenters. The molecule has 0 spiro atoms. The van der Waals surface area contributed by atoms with Crippen LogP contribution < -0.4 is 5.32 Å². The summed E-state index contributed by atoms with van der Waals surface area (Å²) in [5.41, 5.74) is 1.61. The Hall–Kier alpha value is -2.37. The molecule has 0 atom stereocenters. The molecule has 7 heteroatoms. The van der Waals surface area contributed by atoms with Crippen molar-refractivity contribution in [1.29, 1.82) is 0 Å². The van der Waals surface area contributed by atoms with Crippen LogP contribution in [0.1, 0.15) is 16.2 Å². The largest absolute Gasteiger partial charge is 0.412 e. The van der Waals surface area contributed by atoms with Crippen LogP contribution in [0.4, 0.5) is 0 Å². The minimum atomic E-state index is -0.437. The summed E-state index contributed by atoms with van der Waals surface area (Å²) in [4.78, 5) is 12.0. The highest BCUT2D eigenvalue weighted by Crippen LogP contribution is 2.20. The Kier molecular flexibility index (Phi) is 4.60. The first-order valence-electron chi connectivity index (χ1n) is 6.74. The lowest BCUT2D eigenvalue weighted by Gasteiger charge is -2.02. The van der Waals surface area contributed by atoms with E-state index in [-0.39, 0.29) is 11.8 Å². The summed E-state index contributed by atoms with van der Waals surface area (Å²) in [6.07, 6.45) is 0. The number of nitrogens with one attached hydrogen (secondary N) is 1. The highest BCUT2D eigenvalue weighted by Gasteiger charge is 2.15. The average Bonchev–Trinajstić information content (AvgIpc) is 3.05. The molecular formula is C16H11Cl2N3O2. The molecule has 0 aliphatic carbocycles. The van der Waals surface area contributed by atoms with Crippen molar-refractivity contribution in [2.75, 3.05) is 0 Å². The molecule has 3 aromatic rings. The Morgan fingerprint density at radius 1 is 0.957 bits per heavy atom. The van der Waals surface area contributed by atoms with Gasteiger partial charge in [-0.2, -0.15) is 0 Å². The molecular weight excluding hydrogens is 337 g/mol. The van der Waals surface area contributed by atoms with Gasteiger partial charge in [-0.15, -0.1) is 10.2 Å². The molecule has 3 rings (SSSR count). The van der Waals surface area contributed by atoms with E-state index in [1.807, 2.05) is 12.1 Å². The molecule has 1 heterocycles. The van der Waals surface area contributed by atoms with Gasteiger partial charge in [-0.1, -0.05) is 35.3 Å². The van der Waals surface area contributed by atoms with E-state index in [4.69, 9.17) is 27.6 Å². The fraction of sp³-hybridized carbons (Fsp3) is 0.0625. The average molecular weight is 348 g/mol. The normalized spacial score (nSPS) is 10.5. The van der Waals surface area contributed by atoms with Gasteiger partial charge in [-0.25, -0.2) is 0 Å². The molecule has 0 fully saturated rings. The maximum Gasteiger partial charge on any atom is 0.309 e. The van der Waals surface area contributed by atoms with Gasteiger partial charge in [0.25, 0.3) is 0 Å². The van der Waals surface area contributed by atoms with Gasteiger partial charge < -0.3 is 9.73 Å². The summed E-state index contributed by atoms with van der Waals surface area (Å²) in [6.45, 7) is 0.342. The van der Waals surface area contributed by atoms with E-state index in [9.17, 15) is 4.79 Å². The minimum Gasteiger partial charge on any atom is -0.412 e. The number of carbonyl (C=O) groups excluding carboxylic acids is 1. The lowest BCUT2D eigenvalue weighted by Crippen LogP contribution is -2.23. The molecule has 0 saturated carbocycles. The van der Waals surface area contributed by atoms with E-state index in [1.54, 1.807) is 36.4 Å². The smallest absolute Gasteiger partial charge is 0.309 e. The second-order valence-electron chi connectivity index (χ2n) is 4.73. The lowest BCUT2D eigenvalue weighted by atomic mass is 10.2. The first-order valence-corrected chi connectivity index (χ1v) is 7.49. The van der Waals surface area contributed by atoms with Crippen LogP contribution in [0.25, 0.3) is 11.5 Å². The van der Waals surface area contributed by atoms with Crippen molar-refractivity contribution in [1.82, 2.24) is 15.5 Å². The number of aromatic nitrogens is 2. The van der Waals surface area contributed by atoms with Crippen molar-refractivity contribution in [3.8, 4) is 11.5 Å². The number of carbonyl (C=O) groups is 1. The zero-order valence-electron chi connectivity index (χ0n) is 11.8. The second kappa shape index (κ2) is 6.81. The van der Waals surface area contributed by atoms with Crippen molar-refractivity contribution in [3.63, 3.8) is 0 Å². The Balaban J connectivity index is 1.66. The summed E-state index contributed by atoms with van der Waals surface area (Å²) >= 11 is 11.6. The molecule has 0 bridgehead atoms. The van der Waals surface area contributed by atoms with Gasteiger partial charge >= 0.3 is 11.8 Å². The maximum absolute atomic E-state index is 12.0. The SMILES string of the molecule is O=C(NCc1ccc(Cl)cc1)c1nnc(-c2ccc(Cl)cc2)o1. The first-order chi connectivity index (χ1) is 11.1. The molecule has 1 amide bonds. The van der Waals surface area contributed by atoms with Crippen molar-refractivity contribution in [3.05, 3.63) is 70.0 Å². The zero-order valence-corrected chi connectivity index (χ0v) is 13.3. The Morgan fingerprint density at radius 2 is 1.57 bits per heavy atom. The van der Waals surface area contributed by atoms with Gasteiger partial charge in [-0.05, 0) is 42.0 Å². The van der Waals surface area contributed by atoms with Crippen LogP contribution in [0.2, 0.25) is 10.0 Å². The molecule has 0 saturated heterocycles. The molecule has 1 N–H and O–H groups in total. The number of hydrogen-bond acceptors (Lipinski definition) is 4. The third-order valence-corrected chi connectivity index (χ3v) is 3.58. The minimum absolute atomic E-state index is 0.0936. The summed E-state index contributed by atoms with van der Waals surface area (Å²) in [5.74, 6) is -0.269. The van der Waals surface area contributed by atoms with Crippen LogP contribution in [0.15, 0.2) is 52.9 Å². The van der Waals surface area contributed by atoms with E-state index in [0.29, 0.717) is 22.2 Å². The Morgan fingerprint density at radius 3 is 2.22 bits per heavy atom. The molecule has 116 valence electrons. The van der Waals surface area contributed by atoms with Crippen molar-refractivity contribution in [2.24, 2.45) is 0 Å². The monoisotopic (exact) mass is 347 g/mol.